The van der Waals surface area contributed by atoms with Crippen molar-refractivity contribution in [3.05, 3.63) is 67.8 Å². The number of aliphatic carboxylic acids is 1. The summed E-state index contributed by atoms with van der Waals surface area (Å²) in [6.07, 6.45) is 1.98. The number of carboxylic acid groups (broad SMARTS) is 1. The Bertz CT molecular complexity index is 644. The van der Waals surface area contributed by atoms with Crippen molar-refractivity contribution in [1.82, 2.24) is 0 Å². The number of esters is 1. The normalized spacial score (nSPS) is 9.00. The summed E-state index contributed by atoms with van der Waals surface area (Å²) in [7, 11) is 0. The van der Waals surface area contributed by atoms with Crippen molar-refractivity contribution in [2.75, 3.05) is 0 Å². The predicted molar refractivity (Wildman–Crippen MR) is 77.6 cm³/mol. The highest BCUT2D eigenvalue weighted by Gasteiger charge is 2.00. The average molecular weight is 270 g/mol. The van der Waals surface area contributed by atoms with Crippen LogP contribution in [0.4, 0.5) is 0 Å². The van der Waals surface area contributed by atoms with Crippen LogP contribution in [0, 0.1) is 0 Å². The molecule has 0 heterocycles. The van der Waals surface area contributed by atoms with Gasteiger partial charge in [0.1, 0.15) is 5.75 Å². The molecule has 0 atom stereocenters. The third kappa shape index (κ3) is 4.78. The number of carbonyl (C=O) groups excluding carboxylic acids is 1. The molecule has 0 amide bonds. The van der Waals surface area contributed by atoms with Gasteiger partial charge in [0, 0.05) is 12.2 Å². The van der Waals surface area contributed by atoms with Crippen LogP contribution in [0.3, 0.4) is 0 Å². The number of carbonyl (C=O) groups is 2. The molecule has 4 heteroatoms. The Balaban J connectivity index is 0.000000347. The van der Waals surface area contributed by atoms with E-state index < -0.39 is 11.9 Å². The summed E-state index contributed by atoms with van der Waals surface area (Å²) in [6.45, 7) is 6.31. The van der Waals surface area contributed by atoms with Crippen molar-refractivity contribution in [2.24, 2.45) is 0 Å². The van der Waals surface area contributed by atoms with E-state index in [1.807, 2.05) is 36.4 Å². The van der Waals surface area contributed by atoms with E-state index in [2.05, 4.69) is 13.2 Å². The number of carboxylic acids is 1. The molecule has 20 heavy (non-hydrogen) atoms. The fourth-order valence-electron chi connectivity index (χ4n) is 1.39. The van der Waals surface area contributed by atoms with Gasteiger partial charge in [0.2, 0.25) is 0 Å². The van der Waals surface area contributed by atoms with Crippen LogP contribution in [-0.4, -0.2) is 17.0 Å². The Hall–Kier alpha value is -2.88. The molecule has 2 rings (SSSR count). The molecule has 0 spiro atoms. The van der Waals surface area contributed by atoms with E-state index >= 15 is 0 Å². The highest BCUT2D eigenvalue weighted by Crippen LogP contribution is 2.20. The Labute approximate surface area is 116 Å². The molecule has 1 N–H and O–H groups in total. The molecule has 0 aliphatic rings. The van der Waals surface area contributed by atoms with Crippen LogP contribution < -0.4 is 4.74 Å². The number of hydrogen-bond donors (Lipinski definition) is 1. The highest BCUT2D eigenvalue weighted by molar-refractivity contribution is 5.87. The van der Waals surface area contributed by atoms with Gasteiger partial charge in [-0.1, -0.05) is 43.5 Å². The van der Waals surface area contributed by atoms with Gasteiger partial charge in [-0.2, -0.15) is 0 Å². The molecule has 0 fully saturated rings. The maximum Gasteiger partial charge on any atom is 0.335 e. The average Bonchev–Trinajstić information content (AvgIpc) is 2.47. The smallest absolute Gasteiger partial charge is 0.335 e. The summed E-state index contributed by atoms with van der Waals surface area (Å²) in [6, 6.07) is 13.4. The maximum absolute atomic E-state index is 11.0. The second kappa shape index (κ2) is 7.53. The lowest BCUT2D eigenvalue weighted by Gasteiger charge is -2.02. The second-order valence-corrected chi connectivity index (χ2v) is 3.68. The van der Waals surface area contributed by atoms with Gasteiger partial charge in [-0.15, -0.1) is 0 Å². The first-order chi connectivity index (χ1) is 9.56. The molecular weight excluding hydrogens is 256 g/mol. The van der Waals surface area contributed by atoms with E-state index in [-0.39, 0.29) is 0 Å². The van der Waals surface area contributed by atoms with E-state index in [0.717, 1.165) is 22.9 Å². The first kappa shape index (κ1) is 15.2. The lowest BCUT2D eigenvalue weighted by atomic mass is 10.1. The molecule has 0 aromatic heterocycles. The lowest BCUT2D eigenvalue weighted by molar-refractivity contribution is -0.131. The van der Waals surface area contributed by atoms with Crippen molar-refractivity contribution >= 4 is 22.7 Å². The van der Waals surface area contributed by atoms with Crippen molar-refractivity contribution < 1.29 is 19.4 Å². The Kier molecular flexibility index (Phi) is 5.72. The molecule has 0 saturated heterocycles. The number of fused-ring (bicyclic) bond motifs is 1. The van der Waals surface area contributed by atoms with Crippen LogP contribution >= 0.6 is 0 Å². The standard InChI is InChI=1S/C13H10O2.C3H4O2/c1-2-13(14)15-12-8-7-10-5-3-4-6-11(10)9-12;1-2-3(4)5/h2-9H,1H2;2H,1H2,(H,4,5). The number of benzene rings is 2. The van der Waals surface area contributed by atoms with Crippen LogP contribution in [0.5, 0.6) is 5.75 Å². The van der Waals surface area contributed by atoms with Gasteiger partial charge < -0.3 is 9.84 Å². The maximum atomic E-state index is 11.0. The summed E-state index contributed by atoms with van der Waals surface area (Å²) in [5.74, 6) is -0.881. The molecule has 0 radical (unpaired) electrons. The molecule has 2 aromatic rings. The van der Waals surface area contributed by atoms with E-state index in [1.165, 1.54) is 0 Å². The van der Waals surface area contributed by atoms with Gasteiger partial charge >= 0.3 is 11.9 Å². The predicted octanol–water partition coefficient (Wildman–Crippen LogP) is 3.19. The van der Waals surface area contributed by atoms with E-state index in [9.17, 15) is 9.59 Å². The zero-order chi connectivity index (χ0) is 15.0. The van der Waals surface area contributed by atoms with Crippen molar-refractivity contribution in [3.63, 3.8) is 0 Å². The summed E-state index contributed by atoms with van der Waals surface area (Å²) in [5.41, 5.74) is 0. The summed E-state index contributed by atoms with van der Waals surface area (Å²) in [4.78, 5) is 20.2. The van der Waals surface area contributed by atoms with Crippen molar-refractivity contribution in [3.8, 4) is 5.75 Å². The molecule has 4 nitrogen and oxygen atoms in total. The molecule has 0 aliphatic heterocycles. The fourth-order valence-corrected chi connectivity index (χ4v) is 1.39. The highest BCUT2D eigenvalue weighted by atomic mass is 16.5. The Morgan fingerprint density at radius 2 is 1.60 bits per heavy atom. The third-order valence-corrected chi connectivity index (χ3v) is 2.28. The second-order valence-electron chi connectivity index (χ2n) is 3.68. The van der Waals surface area contributed by atoms with Crippen LogP contribution in [0.25, 0.3) is 10.8 Å². The van der Waals surface area contributed by atoms with E-state index in [4.69, 9.17) is 9.84 Å². The summed E-state index contributed by atoms with van der Waals surface area (Å²) in [5, 5.41) is 9.77. The monoisotopic (exact) mass is 270 g/mol. The minimum Gasteiger partial charge on any atom is -0.478 e. The molecule has 0 unspecified atom stereocenters. The molecular formula is C16H14O4. The SMILES string of the molecule is C=CC(=O)O.C=CC(=O)Oc1ccc2ccccc2c1. The van der Waals surface area contributed by atoms with E-state index in [1.54, 1.807) is 6.07 Å². The van der Waals surface area contributed by atoms with Gasteiger partial charge in [0.05, 0.1) is 0 Å². The topological polar surface area (TPSA) is 63.6 Å². The summed E-state index contributed by atoms with van der Waals surface area (Å²) < 4.78 is 5.01. The minimum absolute atomic E-state index is 0.440. The molecule has 0 bridgehead atoms. The number of hydrogen-bond acceptors (Lipinski definition) is 3. The minimum atomic E-state index is -0.981. The Morgan fingerprint density at radius 1 is 1.00 bits per heavy atom. The Morgan fingerprint density at radius 3 is 2.15 bits per heavy atom. The first-order valence-electron chi connectivity index (χ1n) is 5.75. The number of ether oxygens (including phenoxy) is 1. The lowest BCUT2D eigenvalue weighted by Crippen LogP contribution is -2.02. The van der Waals surface area contributed by atoms with Crippen LogP contribution in [0.1, 0.15) is 0 Å². The number of rotatable bonds is 3. The van der Waals surface area contributed by atoms with Crippen molar-refractivity contribution in [2.45, 2.75) is 0 Å². The zero-order valence-corrected chi connectivity index (χ0v) is 10.8. The zero-order valence-electron chi connectivity index (χ0n) is 10.8. The van der Waals surface area contributed by atoms with Gasteiger partial charge in [-0.25, -0.2) is 9.59 Å². The van der Waals surface area contributed by atoms with Gasteiger partial charge in [0.25, 0.3) is 0 Å². The quantitative estimate of drug-likeness (QED) is 0.528. The van der Waals surface area contributed by atoms with Crippen molar-refractivity contribution in [1.29, 1.82) is 0 Å². The van der Waals surface area contributed by atoms with Gasteiger partial charge in [0.15, 0.2) is 0 Å². The molecule has 0 saturated carbocycles. The van der Waals surface area contributed by atoms with Gasteiger partial charge in [-0.05, 0) is 22.9 Å². The largest absolute Gasteiger partial charge is 0.478 e. The third-order valence-electron chi connectivity index (χ3n) is 2.28. The van der Waals surface area contributed by atoms with E-state index in [0.29, 0.717) is 5.75 Å². The van der Waals surface area contributed by atoms with Crippen LogP contribution in [0.15, 0.2) is 67.8 Å². The first-order valence-corrected chi connectivity index (χ1v) is 5.75. The van der Waals surface area contributed by atoms with Gasteiger partial charge in [-0.3, -0.25) is 0 Å². The summed E-state index contributed by atoms with van der Waals surface area (Å²) >= 11 is 0. The van der Waals surface area contributed by atoms with Crippen LogP contribution in [0.2, 0.25) is 0 Å². The van der Waals surface area contributed by atoms with Crippen LogP contribution in [-0.2, 0) is 9.59 Å². The molecule has 102 valence electrons. The molecule has 0 aliphatic carbocycles. The molecule has 2 aromatic carbocycles. The fraction of sp³-hybridized carbons (Fsp3) is 0.